The van der Waals surface area contributed by atoms with Crippen LogP contribution in [0.15, 0.2) is 35.1 Å². The standard InChI is InChI=1S/C20H26O2/c1-12-10-17-15-5-4-13-11-14(21)6-8-19(13,2)16(15)7-9-20(17,3)18(12)22/h4,7,11-12,15,17,21H,5-6,8-10H2,1-3H3/t12-,15+,17-,19-,20-/m0/s1. The summed E-state index contributed by atoms with van der Waals surface area (Å²) in [7, 11) is 0. The Morgan fingerprint density at radius 3 is 2.82 bits per heavy atom. The molecule has 2 nitrogen and oxygen atoms in total. The van der Waals surface area contributed by atoms with Crippen LogP contribution < -0.4 is 0 Å². The summed E-state index contributed by atoms with van der Waals surface area (Å²) in [5.74, 6) is 2.25. The van der Waals surface area contributed by atoms with Crippen LogP contribution in [0.2, 0.25) is 0 Å². The van der Waals surface area contributed by atoms with Crippen LogP contribution >= 0.6 is 0 Å². The Kier molecular flexibility index (Phi) is 2.84. The molecule has 0 amide bonds. The average Bonchev–Trinajstić information content (AvgIpc) is 2.72. The van der Waals surface area contributed by atoms with Gasteiger partial charge in [-0.05, 0) is 49.2 Å². The lowest BCUT2D eigenvalue weighted by molar-refractivity contribution is -0.129. The van der Waals surface area contributed by atoms with Crippen molar-refractivity contribution in [2.75, 3.05) is 0 Å². The third-order valence-electron chi connectivity index (χ3n) is 7.14. The molecule has 22 heavy (non-hydrogen) atoms. The third kappa shape index (κ3) is 1.64. The minimum atomic E-state index is -0.137. The van der Waals surface area contributed by atoms with Crippen molar-refractivity contribution in [2.45, 2.75) is 52.9 Å². The number of carbonyl (C=O) groups excluding carboxylic acids is 1. The Hall–Kier alpha value is -1.31. The Balaban J connectivity index is 1.79. The van der Waals surface area contributed by atoms with Crippen LogP contribution in [-0.4, -0.2) is 10.9 Å². The first kappa shape index (κ1) is 14.3. The van der Waals surface area contributed by atoms with Gasteiger partial charge in [-0.1, -0.05) is 38.5 Å². The number of aliphatic hydroxyl groups is 1. The van der Waals surface area contributed by atoms with Crippen molar-refractivity contribution in [1.82, 2.24) is 0 Å². The maximum atomic E-state index is 12.7. The lowest BCUT2D eigenvalue weighted by atomic mass is 9.53. The summed E-state index contributed by atoms with van der Waals surface area (Å²) in [6, 6.07) is 0. The predicted octanol–water partition coefficient (Wildman–Crippen LogP) is 4.74. The fourth-order valence-corrected chi connectivity index (χ4v) is 5.75. The third-order valence-corrected chi connectivity index (χ3v) is 7.14. The highest BCUT2D eigenvalue weighted by Crippen LogP contribution is 2.61. The fourth-order valence-electron chi connectivity index (χ4n) is 5.75. The Morgan fingerprint density at radius 1 is 1.27 bits per heavy atom. The first-order chi connectivity index (χ1) is 10.4. The van der Waals surface area contributed by atoms with E-state index in [1.165, 1.54) is 5.57 Å². The van der Waals surface area contributed by atoms with Crippen molar-refractivity contribution in [2.24, 2.45) is 28.6 Å². The second kappa shape index (κ2) is 4.37. The number of fused-ring (bicyclic) bond motifs is 5. The van der Waals surface area contributed by atoms with Crippen LogP contribution in [0.5, 0.6) is 0 Å². The van der Waals surface area contributed by atoms with Crippen molar-refractivity contribution < 1.29 is 9.90 Å². The number of carbonyl (C=O) groups is 1. The van der Waals surface area contributed by atoms with Crippen molar-refractivity contribution in [1.29, 1.82) is 0 Å². The van der Waals surface area contributed by atoms with E-state index in [0.717, 1.165) is 32.1 Å². The molecular formula is C20H26O2. The number of hydrogen-bond donors (Lipinski definition) is 1. The molecule has 4 rings (SSSR count). The van der Waals surface area contributed by atoms with Crippen LogP contribution in [0.1, 0.15) is 52.9 Å². The van der Waals surface area contributed by atoms with E-state index in [1.807, 2.05) is 6.08 Å². The number of rotatable bonds is 0. The van der Waals surface area contributed by atoms with E-state index >= 15 is 0 Å². The molecular weight excluding hydrogens is 272 g/mol. The molecule has 0 heterocycles. The molecule has 0 aromatic carbocycles. The van der Waals surface area contributed by atoms with Gasteiger partial charge in [0.2, 0.25) is 0 Å². The highest BCUT2D eigenvalue weighted by Gasteiger charge is 2.57. The first-order valence-electron chi connectivity index (χ1n) is 8.71. The minimum absolute atomic E-state index is 0.0748. The molecule has 0 radical (unpaired) electrons. The quantitative estimate of drug-likeness (QED) is 0.656. The highest BCUT2D eigenvalue weighted by molar-refractivity contribution is 5.89. The number of Topliss-reactive ketones (excluding diaryl/α,β-unsaturated/α-hetero) is 1. The number of allylic oxidation sites excluding steroid dienone is 6. The average molecular weight is 298 g/mol. The molecule has 0 unspecified atom stereocenters. The maximum Gasteiger partial charge on any atom is 0.142 e. The summed E-state index contributed by atoms with van der Waals surface area (Å²) < 4.78 is 0. The predicted molar refractivity (Wildman–Crippen MR) is 87.3 cm³/mol. The topological polar surface area (TPSA) is 37.3 Å². The molecule has 5 atom stereocenters. The second-order valence-electron chi connectivity index (χ2n) is 8.36. The second-order valence-corrected chi connectivity index (χ2v) is 8.36. The Morgan fingerprint density at radius 2 is 2.05 bits per heavy atom. The Bertz CT molecular complexity index is 638. The van der Waals surface area contributed by atoms with E-state index in [2.05, 4.69) is 32.9 Å². The highest BCUT2D eigenvalue weighted by atomic mass is 16.3. The largest absolute Gasteiger partial charge is 0.512 e. The minimum Gasteiger partial charge on any atom is -0.512 e. The lowest BCUT2D eigenvalue weighted by Gasteiger charge is -2.50. The molecule has 4 aliphatic carbocycles. The van der Waals surface area contributed by atoms with Crippen LogP contribution in [-0.2, 0) is 4.79 Å². The molecule has 0 bridgehead atoms. The van der Waals surface area contributed by atoms with Gasteiger partial charge in [-0.3, -0.25) is 4.79 Å². The van der Waals surface area contributed by atoms with Crippen LogP contribution in [0.3, 0.4) is 0 Å². The van der Waals surface area contributed by atoms with Gasteiger partial charge in [-0.15, -0.1) is 0 Å². The molecule has 1 fully saturated rings. The van der Waals surface area contributed by atoms with E-state index < -0.39 is 0 Å². The van der Waals surface area contributed by atoms with E-state index in [0.29, 0.717) is 23.4 Å². The molecule has 0 spiro atoms. The summed E-state index contributed by atoms with van der Waals surface area (Å²) in [6.45, 7) is 6.65. The van der Waals surface area contributed by atoms with Crippen molar-refractivity contribution >= 4 is 5.78 Å². The van der Waals surface area contributed by atoms with Gasteiger partial charge in [0.1, 0.15) is 5.78 Å². The Labute approximate surface area is 133 Å². The van der Waals surface area contributed by atoms with Crippen molar-refractivity contribution in [3.8, 4) is 0 Å². The normalized spacial score (nSPS) is 47.0. The summed E-state index contributed by atoms with van der Waals surface area (Å²) in [6.07, 6.45) is 11.5. The van der Waals surface area contributed by atoms with E-state index in [-0.39, 0.29) is 16.7 Å². The monoisotopic (exact) mass is 298 g/mol. The smallest absolute Gasteiger partial charge is 0.142 e. The van der Waals surface area contributed by atoms with E-state index in [9.17, 15) is 9.90 Å². The molecule has 4 aliphatic rings. The zero-order chi connectivity index (χ0) is 15.7. The molecule has 0 saturated heterocycles. The summed E-state index contributed by atoms with van der Waals surface area (Å²) >= 11 is 0. The van der Waals surface area contributed by atoms with Crippen molar-refractivity contribution in [3.63, 3.8) is 0 Å². The first-order valence-corrected chi connectivity index (χ1v) is 8.71. The van der Waals surface area contributed by atoms with E-state index in [1.54, 1.807) is 5.57 Å². The van der Waals surface area contributed by atoms with Gasteiger partial charge < -0.3 is 5.11 Å². The number of aliphatic hydroxyl groups excluding tert-OH is 1. The zero-order valence-electron chi connectivity index (χ0n) is 13.9. The fraction of sp³-hybridized carbons (Fsp3) is 0.650. The van der Waals surface area contributed by atoms with Gasteiger partial charge in [-0.25, -0.2) is 0 Å². The molecule has 0 aromatic heterocycles. The van der Waals surface area contributed by atoms with Gasteiger partial charge >= 0.3 is 0 Å². The van der Waals surface area contributed by atoms with Gasteiger partial charge in [0.05, 0.1) is 5.76 Å². The summed E-state index contributed by atoms with van der Waals surface area (Å²) in [4.78, 5) is 12.7. The zero-order valence-corrected chi connectivity index (χ0v) is 13.9. The molecule has 1 N–H and O–H groups in total. The van der Waals surface area contributed by atoms with E-state index in [4.69, 9.17) is 0 Å². The van der Waals surface area contributed by atoms with Gasteiger partial charge in [-0.2, -0.15) is 0 Å². The van der Waals surface area contributed by atoms with Crippen molar-refractivity contribution in [3.05, 3.63) is 35.1 Å². The summed E-state index contributed by atoms with van der Waals surface area (Å²) in [5.41, 5.74) is 2.78. The van der Waals surface area contributed by atoms with Gasteiger partial charge in [0, 0.05) is 23.2 Å². The SMILES string of the molecule is C[C@H]1C[C@H]2[C@@H]3CC=C4C=C(O)CC[C@]4(C)C3=CC[C@]2(C)C1=O. The van der Waals surface area contributed by atoms with Gasteiger partial charge in [0.15, 0.2) is 0 Å². The van der Waals surface area contributed by atoms with Crippen LogP contribution in [0.4, 0.5) is 0 Å². The van der Waals surface area contributed by atoms with Crippen LogP contribution in [0, 0.1) is 28.6 Å². The lowest BCUT2D eigenvalue weighted by Crippen LogP contribution is -2.43. The molecule has 0 aromatic rings. The maximum absolute atomic E-state index is 12.7. The number of hydrogen-bond acceptors (Lipinski definition) is 2. The molecule has 1 saturated carbocycles. The van der Waals surface area contributed by atoms with Crippen LogP contribution in [0.25, 0.3) is 0 Å². The number of ketones is 1. The summed E-state index contributed by atoms with van der Waals surface area (Å²) in [5, 5.41) is 9.88. The molecule has 2 heteroatoms. The molecule has 0 aliphatic heterocycles. The molecule has 118 valence electrons. The van der Waals surface area contributed by atoms with Gasteiger partial charge in [0.25, 0.3) is 0 Å².